The lowest BCUT2D eigenvalue weighted by Crippen LogP contribution is -2.15. The lowest BCUT2D eigenvalue weighted by Gasteiger charge is -2.23. The average Bonchev–Trinajstić information content (AvgIpc) is 2.52. The van der Waals surface area contributed by atoms with E-state index >= 15 is 0 Å². The summed E-state index contributed by atoms with van der Waals surface area (Å²) >= 11 is 0. The van der Waals surface area contributed by atoms with Crippen LogP contribution in [0.25, 0.3) is 5.57 Å². The van der Waals surface area contributed by atoms with Crippen LogP contribution in [0.3, 0.4) is 0 Å². The van der Waals surface area contributed by atoms with Gasteiger partial charge >= 0.3 is 0 Å². The third-order valence-electron chi connectivity index (χ3n) is 4.42. The van der Waals surface area contributed by atoms with Gasteiger partial charge in [-0.05, 0) is 36.1 Å². The molecular weight excluding hydrogens is 304 g/mol. The van der Waals surface area contributed by atoms with Crippen molar-refractivity contribution < 1.29 is 4.39 Å². The van der Waals surface area contributed by atoms with Crippen molar-refractivity contribution in [1.82, 2.24) is 0 Å². The van der Waals surface area contributed by atoms with Crippen LogP contribution < -0.4 is 5.73 Å². The predicted molar refractivity (Wildman–Crippen MR) is 99.2 cm³/mol. The number of allylic oxidation sites excluding steroid dienone is 6. The highest BCUT2D eigenvalue weighted by Gasteiger charge is 2.20. The monoisotopic (exact) mass is 325 g/mol. The van der Waals surface area contributed by atoms with Gasteiger partial charge in [0.15, 0.2) is 5.82 Å². The minimum Gasteiger partial charge on any atom is -0.396 e. The summed E-state index contributed by atoms with van der Waals surface area (Å²) in [5.74, 6) is 6.84. The van der Waals surface area contributed by atoms with Crippen LogP contribution in [0.15, 0.2) is 48.6 Å². The molecule has 118 valence electrons. The third-order valence-corrected chi connectivity index (χ3v) is 4.97. The normalized spacial score (nSPS) is 26.7. The van der Waals surface area contributed by atoms with Gasteiger partial charge in [0.1, 0.15) is 0 Å². The second-order valence-electron chi connectivity index (χ2n) is 6.07. The maximum atomic E-state index is 14.3. The first-order valence-electron chi connectivity index (χ1n) is 8.00. The van der Waals surface area contributed by atoms with Gasteiger partial charge < -0.3 is 5.73 Å². The first-order chi connectivity index (χ1) is 11.1. The molecule has 0 amide bonds. The van der Waals surface area contributed by atoms with Crippen molar-refractivity contribution >= 4 is 20.5 Å². The zero-order valence-corrected chi connectivity index (χ0v) is 14.2. The third kappa shape index (κ3) is 3.74. The van der Waals surface area contributed by atoms with Gasteiger partial charge in [-0.3, -0.25) is 0 Å². The minimum atomic E-state index is -0.350. The molecule has 2 N–H and O–H groups in total. The molecule has 0 spiro atoms. The molecule has 1 aromatic carbocycles. The molecule has 0 heterocycles. The Balaban J connectivity index is 1.86. The van der Waals surface area contributed by atoms with Crippen LogP contribution in [0.4, 0.5) is 10.1 Å². The summed E-state index contributed by atoms with van der Waals surface area (Å²) in [6.07, 6.45) is 13.5. The molecule has 0 fully saturated rings. The van der Waals surface area contributed by atoms with E-state index in [1.807, 2.05) is 12.2 Å². The van der Waals surface area contributed by atoms with Gasteiger partial charge in [-0.15, -0.1) is 9.24 Å². The number of nitrogens with two attached hydrogens (primary N) is 1. The molecule has 4 unspecified atom stereocenters. The molecule has 1 nitrogen and oxygen atoms in total. The Kier molecular flexibility index (Phi) is 4.99. The van der Waals surface area contributed by atoms with Gasteiger partial charge in [0.25, 0.3) is 0 Å². The zero-order chi connectivity index (χ0) is 16.2. The van der Waals surface area contributed by atoms with Gasteiger partial charge in [0, 0.05) is 17.9 Å². The second kappa shape index (κ2) is 7.16. The summed E-state index contributed by atoms with van der Waals surface area (Å²) in [4.78, 5) is 0. The van der Waals surface area contributed by atoms with Crippen LogP contribution in [0.2, 0.25) is 0 Å². The number of nitrogen functional groups attached to an aromatic ring is 1. The molecule has 0 bridgehead atoms. The van der Waals surface area contributed by atoms with Crippen LogP contribution >= 0.6 is 9.24 Å². The van der Waals surface area contributed by atoms with E-state index in [-0.39, 0.29) is 17.4 Å². The maximum Gasteiger partial charge on any atom is 0.153 e. The Morgan fingerprint density at radius 1 is 1.17 bits per heavy atom. The Hall–Kier alpha value is -1.84. The van der Waals surface area contributed by atoms with E-state index in [0.717, 1.165) is 12.0 Å². The highest BCUT2D eigenvalue weighted by atomic mass is 31.0. The molecule has 2 aliphatic carbocycles. The fourth-order valence-corrected chi connectivity index (χ4v) is 3.37. The van der Waals surface area contributed by atoms with Gasteiger partial charge in [-0.2, -0.15) is 0 Å². The molecule has 0 saturated heterocycles. The summed E-state index contributed by atoms with van der Waals surface area (Å²) in [7, 11) is 2.86. The highest BCUT2D eigenvalue weighted by molar-refractivity contribution is 7.17. The van der Waals surface area contributed by atoms with E-state index in [9.17, 15) is 4.39 Å². The Labute approximate surface area is 139 Å². The number of hydrogen-bond acceptors (Lipinski definition) is 1. The molecule has 1 aromatic rings. The van der Waals surface area contributed by atoms with Gasteiger partial charge in [-0.25, -0.2) is 4.39 Å². The van der Waals surface area contributed by atoms with Crippen molar-refractivity contribution in [2.75, 3.05) is 5.73 Å². The minimum absolute atomic E-state index is 0.184. The van der Waals surface area contributed by atoms with Gasteiger partial charge in [0.2, 0.25) is 0 Å². The van der Waals surface area contributed by atoms with E-state index in [1.165, 1.54) is 6.42 Å². The topological polar surface area (TPSA) is 26.0 Å². The number of anilines is 1. The zero-order valence-electron chi connectivity index (χ0n) is 13.0. The van der Waals surface area contributed by atoms with Gasteiger partial charge in [0.05, 0.1) is 5.69 Å². The highest BCUT2D eigenvalue weighted by Crippen LogP contribution is 2.31. The number of benzene rings is 1. The first kappa shape index (κ1) is 16.0. The van der Waals surface area contributed by atoms with Crippen LogP contribution in [0, 0.1) is 29.5 Å². The fraction of sp³-hybridized carbons (Fsp3) is 0.300. The summed E-state index contributed by atoms with van der Waals surface area (Å²) in [6.45, 7) is 0. The SMILES string of the molecule is Nc1cccc(C2=CCC#CC(C3C=CC(P)CC3)C=C2)c1F. The van der Waals surface area contributed by atoms with Crippen molar-refractivity contribution in [2.24, 2.45) is 11.8 Å². The lowest BCUT2D eigenvalue weighted by molar-refractivity contribution is 0.491. The molecule has 3 heteroatoms. The molecule has 4 atom stereocenters. The molecule has 0 saturated carbocycles. The van der Waals surface area contributed by atoms with Crippen molar-refractivity contribution in [3.05, 3.63) is 60.0 Å². The standard InChI is InChI=1S/C20H21FNP/c21-20-18(6-3-7-19(20)22)16-5-2-1-4-14(8-9-16)15-10-12-17(23)13-11-15/h3,5-10,12,14-15,17H,2,11,13,22-23H2. The lowest BCUT2D eigenvalue weighted by atomic mass is 9.83. The van der Waals surface area contributed by atoms with E-state index in [2.05, 4.69) is 39.3 Å². The number of rotatable bonds is 2. The Bertz CT molecular complexity index is 736. The van der Waals surface area contributed by atoms with E-state index < -0.39 is 0 Å². The Morgan fingerprint density at radius 3 is 2.83 bits per heavy atom. The van der Waals surface area contributed by atoms with Gasteiger partial charge in [-0.1, -0.05) is 54.4 Å². The fourth-order valence-electron chi connectivity index (χ4n) is 3.05. The van der Waals surface area contributed by atoms with Crippen molar-refractivity contribution in [2.45, 2.75) is 24.9 Å². The van der Waals surface area contributed by atoms with Crippen LogP contribution in [-0.2, 0) is 0 Å². The average molecular weight is 325 g/mol. The van der Waals surface area contributed by atoms with Crippen LogP contribution in [0.5, 0.6) is 0 Å². The largest absolute Gasteiger partial charge is 0.396 e. The summed E-state index contributed by atoms with van der Waals surface area (Å²) in [6, 6.07) is 5.14. The Morgan fingerprint density at radius 2 is 2.04 bits per heavy atom. The molecule has 23 heavy (non-hydrogen) atoms. The summed E-state index contributed by atoms with van der Waals surface area (Å²) in [5.41, 5.74) is 7.86. The summed E-state index contributed by atoms with van der Waals surface area (Å²) in [5, 5.41) is 0. The molecule has 3 rings (SSSR count). The molecule has 0 radical (unpaired) electrons. The number of hydrogen-bond donors (Lipinski definition) is 1. The first-order valence-corrected chi connectivity index (χ1v) is 8.67. The van der Waals surface area contributed by atoms with Crippen molar-refractivity contribution in [3.63, 3.8) is 0 Å². The van der Waals surface area contributed by atoms with E-state index in [1.54, 1.807) is 18.2 Å². The molecule has 2 aliphatic rings. The van der Waals surface area contributed by atoms with Crippen LogP contribution in [0.1, 0.15) is 24.8 Å². The predicted octanol–water partition coefficient (Wildman–Crippen LogP) is 4.58. The maximum absolute atomic E-state index is 14.3. The number of halogens is 1. The molecule has 0 aromatic heterocycles. The molecular formula is C20H21FNP. The second-order valence-corrected chi connectivity index (χ2v) is 6.92. The van der Waals surface area contributed by atoms with Crippen LogP contribution in [-0.4, -0.2) is 5.66 Å². The van der Waals surface area contributed by atoms with E-state index in [0.29, 0.717) is 23.6 Å². The smallest absolute Gasteiger partial charge is 0.153 e. The van der Waals surface area contributed by atoms with E-state index in [4.69, 9.17) is 5.73 Å². The summed E-state index contributed by atoms with van der Waals surface area (Å²) < 4.78 is 14.3. The molecule has 0 aliphatic heterocycles. The van der Waals surface area contributed by atoms with Crippen molar-refractivity contribution in [1.29, 1.82) is 0 Å². The quantitative estimate of drug-likeness (QED) is 0.366. The van der Waals surface area contributed by atoms with Crippen molar-refractivity contribution in [3.8, 4) is 11.8 Å².